The van der Waals surface area contributed by atoms with Gasteiger partial charge in [-0.05, 0) is 18.5 Å². The number of carbonyl (C=O) groups is 1. The summed E-state index contributed by atoms with van der Waals surface area (Å²) in [5.74, 6) is 4.95. The van der Waals surface area contributed by atoms with Crippen LogP contribution in [0.25, 0.3) is 0 Å². The second-order valence-corrected chi connectivity index (χ2v) is 4.92. The monoisotopic (exact) mass is 280 g/mol. The lowest BCUT2D eigenvalue weighted by Gasteiger charge is -1.97. The van der Waals surface area contributed by atoms with Crippen molar-refractivity contribution >= 4 is 33.9 Å². The number of amides is 1. The summed E-state index contributed by atoms with van der Waals surface area (Å²) in [7, 11) is 0. The molecule has 6 nitrogen and oxygen atoms in total. The van der Waals surface area contributed by atoms with Crippen molar-refractivity contribution < 1.29 is 9.90 Å². The molecule has 0 saturated heterocycles. The van der Waals surface area contributed by atoms with E-state index < -0.39 is 0 Å². The summed E-state index contributed by atoms with van der Waals surface area (Å²) in [4.78, 5) is 17.0. The van der Waals surface area contributed by atoms with Gasteiger partial charge >= 0.3 is 0 Å². The summed E-state index contributed by atoms with van der Waals surface area (Å²) in [6.45, 7) is 1.52. The van der Waals surface area contributed by atoms with Gasteiger partial charge in [-0.25, -0.2) is 4.98 Å². The predicted molar refractivity (Wildman–Crippen MR) is 68.7 cm³/mol. The van der Waals surface area contributed by atoms with Crippen LogP contribution in [0.4, 0.5) is 5.13 Å². The largest absolute Gasteiger partial charge is 0.384 e. The fourth-order valence-electron chi connectivity index (χ4n) is 1.11. The molecule has 0 aliphatic carbocycles. The van der Waals surface area contributed by atoms with Crippen molar-refractivity contribution in [3.8, 4) is 11.8 Å². The van der Waals surface area contributed by atoms with Crippen LogP contribution in [0.3, 0.4) is 0 Å². The number of anilines is 1. The molecule has 0 unspecified atom stereocenters. The van der Waals surface area contributed by atoms with E-state index in [0.717, 1.165) is 11.5 Å². The molecule has 0 radical (unpaired) electrons. The van der Waals surface area contributed by atoms with Crippen LogP contribution in [0.15, 0.2) is 6.20 Å². The van der Waals surface area contributed by atoms with Crippen LogP contribution in [-0.2, 0) is 0 Å². The normalized spacial score (nSPS) is 9.67. The van der Waals surface area contributed by atoms with E-state index in [0.29, 0.717) is 20.6 Å². The smallest absolute Gasteiger partial charge is 0.271 e. The molecule has 0 aliphatic rings. The number of carbonyl (C=O) groups excluding carboxylic acids is 1. The number of hydrogen-bond acceptors (Lipinski definition) is 7. The van der Waals surface area contributed by atoms with Crippen molar-refractivity contribution in [1.82, 2.24) is 14.6 Å². The Kier molecular flexibility index (Phi) is 3.99. The minimum absolute atomic E-state index is 0.203. The van der Waals surface area contributed by atoms with Crippen molar-refractivity contribution in [3.05, 3.63) is 21.6 Å². The van der Waals surface area contributed by atoms with Crippen molar-refractivity contribution in [2.24, 2.45) is 0 Å². The molecule has 2 heterocycles. The first-order valence-corrected chi connectivity index (χ1v) is 6.45. The van der Waals surface area contributed by atoms with Gasteiger partial charge in [-0.3, -0.25) is 10.1 Å². The SMILES string of the molecule is Cc1nnsc1C(=O)Nc1ncc(C#CCO)s1. The Balaban J connectivity index is 2.08. The van der Waals surface area contributed by atoms with Gasteiger partial charge in [0.1, 0.15) is 11.5 Å². The molecule has 2 aromatic heterocycles. The first-order chi connectivity index (χ1) is 8.70. The van der Waals surface area contributed by atoms with Crippen LogP contribution in [0.2, 0.25) is 0 Å². The van der Waals surface area contributed by atoms with Gasteiger partial charge in [0, 0.05) is 0 Å². The summed E-state index contributed by atoms with van der Waals surface area (Å²) in [5.41, 5.74) is 0.592. The maximum atomic E-state index is 11.8. The zero-order valence-electron chi connectivity index (χ0n) is 9.30. The van der Waals surface area contributed by atoms with Crippen LogP contribution in [0, 0.1) is 18.8 Å². The number of hydrogen-bond donors (Lipinski definition) is 2. The molecule has 0 aromatic carbocycles. The molecule has 0 saturated carbocycles. The van der Waals surface area contributed by atoms with Gasteiger partial charge in [-0.2, -0.15) is 0 Å². The number of thiazole rings is 1. The summed E-state index contributed by atoms with van der Waals surface area (Å²) < 4.78 is 3.69. The summed E-state index contributed by atoms with van der Waals surface area (Å²) in [5, 5.41) is 15.4. The predicted octanol–water partition coefficient (Wildman–Crippen LogP) is 0.899. The van der Waals surface area contributed by atoms with E-state index in [1.165, 1.54) is 11.3 Å². The van der Waals surface area contributed by atoms with Gasteiger partial charge in [-0.15, -0.1) is 5.10 Å². The Bertz CT molecular complexity index is 623. The molecule has 8 heteroatoms. The number of aryl methyl sites for hydroxylation is 1. The second-order valence-electron chi connectivity index (χ2n) is 3.13. The molecular formula is C10H8N4O2S2. The third-order valence-corrected chi connectivity index (χ3v) is 3.53. The standard InChI is InChI=1S/C10H8N4O2S2/c1-6-8(18-14-13-6)9(16)12-10-11-5-7(17-10)3-2-4-15/h5,15H,4H2,1H3,(H,11,12,16). The first-order valence-electron chi connectivity index (χ1n) is 4.86. The third kappa shape index (κ3) is 2.89. The molecule has 0 aliphatic heterocycles. The van der Waals surface area contributed by atoms with Crippen molar-refractivity contribution in [3.63, 3.8) is 0 Å². The molecule has 0 spiro atoms. The molecule has 2 N–H and O–H groups in total. The van der Waals surface area contributed by atoms with Gasteiger partial charge in [-0.1, -0.05) is 27.7 Å². The number of nitrogens with zero attached hydrogens (tertiary/aromatic N) is 3. The van der Waals surface area contributed by atoms with E-state index >= 15 is 0 Å². The second kappa shape index (κ2) is 5.68. The maximum Gasteiger partial charge on any atom is 0.271 e. The van der Waals surface area contributed by atoms with E-state index in [2.05, 4.69) is 31.7 Å². The van der Waals surface area contributed by atoms with E-state index in [4.69, 9.17) is 5.11 Å². The molecule has 0 atom stereocenters. The topological polar surface area (TPSA) is 88.0 Å². The van der Waals surface area contributed by atoms with Crippen molar-refractivity contribution in [1.29, 1.82) is 0 Å². The Morgan fingerprint density at radius 1 is 1.61 bits per heavy atom. The van der Waals surface area contributed by atoms with Gasteiger partial charge in [0.15, 0.2) is 5.13 Å². The molecule has 1 amide bonds. The summed E-state index contributed by atoms with van der Waals surface area (Å²) in [6.07, 6.45) is 1.54. The maximum absolute atomic E-state index is 11.8. The third-order valence-electron chi connectivity index (χ3n) is 1.87. The zero-order chi connectivity index (χ0) is 13.0. The molecule has 92 valence electrons. The highest BCUT2D eigenvalue weighted by Crippen LogP contribution is 2.19. The fourth-order valence-corrected chi connectivity index (χ4v) is 2.35. The Morgan fingerprint density at radius 3 is 3.11 bits per heavy atom. The summed E-state index contributed by atoms with van der Waals surface area (Å²) in [6, 6.07) is 0. The van der Waals surface area contributed by atoms with Gasteiger partial charge in [0.2, 0.25) is 0 Å². The number of aromatic nitrogens is 3. The number of nitrogens with one attached hydrogen (secondary N) is 1. The molecule has 0 bridgehead atoms. The first kappa shape index (κ1) is 12.6. The number of aliphatic hydroxyl groups is 1. The molecular weight excluding hydrogens is 272 g/mol. The van der Waals surface area contributed by atoms with Crippen molar-refractivity contribution in [2.75, 3.05) is 11.9 Å². The highest BCUT2D eigenvalue weighted by atomic mass is 32.1. The lowest BCUT2D eigenvalue weighted by molar-refractivity contribution is 0.103. The highest BCUT2D eigenvalue weighted by molar-refractivity contribution is 7.16. The Labute approximate surface area is 111 Å². The highest BCUT2D eigenvalue weighted by Gasteiger charge is 2.14. The van der Waals surface area contributed by atoms with Crippen LogP contribution in [0.5, 0.6) is 0 Å². The molecule has 18 heavy (non-hydrogen) atoms. The van der Waals surface area contributed by atoms with E-state index in [1.807, 2.05) is 0 Å². The van der Waals surface area contributed by atoms with Gasteiger partial charge in [0.05, 0.1) is 16.8 Å². The fraction of sp³-hybridized carbons (Fsp3) is 0.200. The van der Waals surface area contributed by atoms with Crippen molar-refractivity contribution in [2.45, 2.75) is 6.92 Å². The Morgan fingerprint density at radius 2 is 2.44 bits per heavy atom. The minimum Gasteiger partial charge on any atom is -0.384 e. The molecule has 2 aromatic rings. The van der Waals surface area contributed by atoms with E-state index in [-0.39, 0.29) is 12.5 Å². The minimum atomic E-state index is -0.279. The zero-order valence-corrected chi connectivity index (χ0v) is 10.9. The average Bonchev–Trinajstić information content (AvgIpc) is 2.95. The van der Waals surface area contributed by atoms with Crippen LogP contribution in [0.1, 0.15) is 20.2 Å². The van der Waals surface area contributed by atoms with Crippen LogP contribution >= 0.6 is 22.9 Å². The van der Waals surface area contributed by atoms with Gasteiger partial charge in [0.25, 0.3) is 5.91 Å². The summed E-state index contributed by atoms with van der Waals surface area (Å²) >= 11 is 2.28. The number of rotatable bonds is 2. The number of aliphatic hydroxyl groups excluding tert-OH is 1. The lowest BCUT2D eigenvalue weighted by atomic mass is 10.4. The van der Waals surface area contributed by atoms with E-state index in [9.17, 15) is 4.79 Å². The molecule has 2 rings (SSSR count). The lowest BCUT2D eigenvalue weighted by Crippen LogP contribution is -2.11. The van der Waals surface area contributed by atoms with Gasteiger partial charge < -0.3 is 5.11 Å². The van der Waals surface area contributed by atoms with Crippen LogP contribution in [-0.4, -0.2) is 32.2 Å². The average molecular weight is 280 g/mol. The quantitative estimate of drug-likeness (QED) is 0.798. The van der Waals surface area contributed by atoms with E-state index in [1.54, 1.807) is 13.1 Å². The van der Waals surface area contributed by atoms with Crippen LogP contribution < -0.4 is 5.32 Å². The Hall–Kier alpha value is -1.82. The molecule has 0 fully saturated rings.